The number of carbonyl (C=O) groups is 2. The standard InChI is InChI=1S/C26H28ClN3O4S/c1-3-21(26(32)28-2)29(17-19-9-4-5-12-20(19)27)24(31)15-8-16-30-22-13-6-10-18-11-7-14-23(25(18)22)35(30,33)34/h4-7,9-14,21H,3,8,15-17H2,1-2H3,(H,28,32)/t21-/m0/s1. The van der Waals surface area contributed by atoms with Gasteiger partial charge in [-0.3, -0.25) is 13.9 Å². The van der Waals surface area contributed by atoms with E-state index >= 15 is 0 Å². The third kappa shape index (κ3) is 4.73. The molecule has 1 N–H and O–H groups in total. The second kappa shape index (κ2) is 10.3. The van der Waals surface area contributed by atoms with Crippen LogP contribution in [0.15, 0.2) is 65.6 Å². The van der Waals surface area contributed by atoms with Crippen LogP contribution in [0.5, 0.6) is 0 Å². The third-order valence-corrected chi connectivity index (χ3v) is 8.59. The molecule has 184 valence electrons. The molecule has 0 saturated heterocycles. The lowest BCUT2D eigenvalue weighted by molar-refractivity contribution is -0.141. The maximum absolute atomic E-state index is 13.4. The van der Waals surface area contributed by atoms with Gasteiger partial charge in [-0.15, -0.1) is 0 Å². The van der Waals surface area contributed by atoms with Crippen LogP contribution in [0.4, 0.5) is 5.69 Å². The number of nitrogens with zero attached hydrogens (tertiary/aromatic N) is 2. The van der Waals surface area contributed by atoms with Crippen LogP contribution in [0, 0.1) is 0 Å². The van der Waals surface area contributed by atoms with E-state index in [2.05, 4.69) is 5.32 Å². The van der Waals surface area contributed by atoms with Crippen LogP contribution in [0.3, 0.4) is 0 Å². The zero-order valence-corrected chi connectivity index (χ0v) is 21.3. The highest BCUT2D eigenvalue weighted by atomic mass is 35.5. The molecule has 2 amide bonds. The molecule has 1 aliphatic heterocycles. The van der Waals surface area contributed by atoms with Crippen LogP contribution in [-0.2, 0) is 26.2 Å². The summed E-state index contributed by atoms with van der Waals surface area (Å²) in [6.45, 7) is 2.21. The smallest absolute Gasteiger partial charge is 0.265 e. The molecule has 0 aromatic heterocycles. The van der Waals surface area contributed by atoms with Gasteiger partial charge in [-0.2, -0.15) is 0 Å². The molecule has 0 saturated carbocycles. The van der Waals surface area contributed by atoms with Crippen molar-refractivity contribution in [3.8, 4) is 0 Å². The summed E-state index contributed by atoms with van der Waals surface area (Å²) in [5, 5.41) is 4.73. The average molecular weight is 514 g/mol. The molecule has 7 nitrogen and oxygen atoms in total. The molecular formula is C26H28ClN3O4S. The third-order valence-electron chi connectivity index (χ3n) is 6.36. The second-order valence-corrected chi connectivity index (χ2v) is 10.7. The average Bonchev–Trinajstić information content (AvgIpc) is 3.07. The fraction of sp³-hybridized carbons (Fsp3) is 0.308. The van der Waals surface area contributed by atoms with Gasteiger partial charge in [0.05, 0.1) is 10.6 Å². The van der Waals surface area contributed by atoms with E-state index in [0.717, 1.165) is 10.9 Å². The quantitative estimate of drug-likeness (QED) is 0.461. The molecule has 0 spiro atoms. The van der Waals surface area contributed by atoms with Crippen molar-refractivity contribution < 1.29 is 18.0 Å². The van der Waals surface area contributed by atoms with Gasteiger partial charge in [0.25, 0.3) is 10.0 Å². The van der Waals surface area contributed by atoms with E-state index in [1.54, 1.807) is 31.3 Å². The van der Waals surface area contributed by atoms with E-state index in [-0.39, 0.29) is 31.3 Å². The number of rotatable bonds is 9. The molecule has 3 aromatic rings. The Hall–Kier alpha value is -3.10. The van der Waals surface area contributed by atoms with Gasteiger partial charge in [-0.25, -0.2) is 8.42 Å². The SMILES string of the molecule is CC[C@@H](C(=O)NC)N(Cc1ccccc1Cl)C(=O)CCCN1c2cccc3cccc(c23)S1(=O)=O. The first kappa shape index (κ1) is 25.0. The lowest BCUT2D eigenvalue weighted by atomic mass is 10.1. The van der Waals surface area contributed by atoms with Crippen molar-refractivity contribution in [1.29, 1.82) is 0 Å². The lowest BCUT2D eigenvalue weighted by Crippen LogP contribution is -2.48. The molecule has 0 radical (unpaired) electrons. The normalized spacial score (nSPS) is 14.7. The zero-order chi connectivity index (χ0) is 25.2. The van der Waals surface area contributed by atoms with Gasteiger partial charge in [-0.05, 0) is 42.0 Å². The summed E-state index contributed by atoms with van der Waals surface area (Å²) in [6.07, 6.45) is 0.843. The Morgan fingerprint density at radius 3 is 2.46 bits per heavy atom. The van der Waals surface area contributed by atoms with Crippen LogP contribution >= 0.6 is 11.6 Å². The van der Waals surface area contributed by atoms with Crippen LogP contribution in [-0.4, -0.2) is 44.8 Å². The van der Waals surface area contributed by atoms with E-state index in [0.29, 0.717) is 33.8 Å². The zero-order valence-electron chi connectivity index (χ0n) is 19.7. The highest BCUT2D eigenvalue weighted by Crippen LogP contribution is 2.42. The minimum Gasteiger partial charge on any atom is -0.357 e. The predicted octanol–water partition coefficient (Wildman–Crippen LogP) is 4.34. The molecule has 1 heterocycles. The Morgan fingerprint density at radius 2 is 1.77 bits per heavy atom. The molecule has 3 aromatic carbocycles. The monoisotopic (exact) mass is 513 g/mol. The first-order valence-electron chi connectivity index (χ1n) is 11.6. The number of amides is 2. The van der Waals surface area contributed by atoms with E-state index in [1.807, 2.05) is 43.3 Å². The minimum absolute atomic E-state index is 0.0935. The van der Waals surface area contributed by atoms with E-state index in [9.17, 15) is 18.0 Å². The number of likely N-dealkylation sites (N-methyl/N-ethyl adjacent to an activating group) is 1. The Balaban J connectivity index is 1.53. The van der Waals surface area contributed by atoms with Crippen molar-refractivity contribution in [2.75, 3.05) is 17.9 Å². The summed E-state index contributed by atoms with van der Waals surface area (Å²) in [6, 6.07) is 17.3. The Kier molecular flexibility index (Phi) is 7.33. The van der Waals surface area contributed by atoms with Gasteiger partial charge in [0.2, 0.25) is 11.8 Å². The number of sulfonamides is 1. The van der Waals surface area contributed by atoms with Crippen LogP contribution < -0.4 is 9.62 Å². The maximum Gasteiger partial charge on any atom is 0.265 e. The molecular weight excluding hydrogens is 486 g/mol. The molecule has 0 bridgehead atoms. The molecule has 4 rings (SSSR count). The van der Waals surface area contributed by atoms with E-state index < -0.39 is 16.1 Å². The van der Waals surface area contributed by atoms with Gasteiger partial charge in [0, 0.05) is 37.0 Å². The van der Waals surface area contributed by atoms with Crippen molar-refractivity contribution in [2.45, 2.75) is 43.7 Å². The molecule has 1 atom stereocenters. The van der Waals surface area contributed by atoms with Gasteiger partial charge in [-0.1, -0.05) is 61.0 Å². The number of hydrogen-bond donors (Lipinski definition) is 1. The van der Waals surface area contributed by atoms with Crippen molar-refractivity contribution in [3.05, 3.63) is 71.2 Å². The van der Waals surface area contributed by atoms with Crippen LogP contribution in [0.2, 0.25) is 5.02 Å². The molecule has 35 heavy (non-hydrogen) atoms. The molecule has 0 aliphatic carbocycles. The summed E-state index contributed by atoms with van der Waals surface area (Å²) >= 11 is 6.33. The van der Waals surface area contributed by atoms with Crippen molar-refractivity contribution >= 4 is 49.9 Å². The highest BCUT2D eigenvalue weighted by Gasteiger charge is 2.35. The number of hydrogen-bond acceptors (Lipinski definition) is 4. The Labute approximate surface area is 210 Å². The van der Waals surface area contributed by atoms with Crippen molar-refractivity contribution in [2.24, 2.45) is 0 Å². The fourth-order valence-electron chi connectivity index (χ4n) is 4.61. The molecule has 9 heteroatoms. The van der Waals surface area contributed by atoms with Crippen LogP contribution in [0.25, 0.3) is 10.8 Å². The summed E-state index contributed by atoms with van der Waals surface area (Å²) < 4.78 is 27.8. The number of carbonyl (C=O) groups excluding carboxylic acids is 2. The molecule has 0 fully saturated rings. The van der Waals surface area contributed by atoms with Gasteiger partial charge < -0.3 is 10.2 Å². The highest BCUT2D eigenvalue weighted by molar-refractivity contribution is 7.93. The summed E-state index contributed by atoms with van der Waals surface area (Å²) in [4.78, 5) is 27.7. The summed E-state index contributed by atoms with van der Waals surface area (Å²) in [7, 11) is -2.14. The molecule has 0 unspecified atom stereocenters. The number of anilines is 1. The lowest BCUT2D eigenvalue weighted by Gasteiger charge is -2.31. The van der Waals surface area contributed by atoms with Crippen LogP contribution in [0.1, 0.15) is 31.7 Å². The van der Waals surface area contributed by atoms with Crippen molar-refractivity contribution in [3.63, 3.8) is 0 Å². The Morgan fingerprint density at radius 1 is 1.06 bits per heavy atom. The number of halogens is 1. The van der Waals surface area contributed by atoms with Gasteiger partial charge >= 0.3 is 0 Å². The predicted molar refractivity (Wildman–Crippen MR) is 138 cm³/mol. The summed E-state index contributed by atoms with van der Waals surface area (Å²) in [5.41, 5.74) is 1.38. The first-order chi connectivity index (χ1) is 16.8. The van der Waals surface area contributed by atoms with Crippen molar-refractivity contribution in [1.82, 2.24) is 10.2 Å². The largest absolute Gasteiger partial charge is 0.357 e. The molecule has 1 aliphatic rings. The van der Waals surface area contributed by atoms with E-state index in [1.165, 1.54) is 9.21 Å². The Bertz CT molecular complexity index is 1370. The second-order valence-electron chi connectivity index (χ2n) is 8.46. The number of nitrogens with one attached hydrogen (secondary N) is 1. The maximum atomic E-state index is 13.4. The van der Waals surface area contributed by atoms with Gasteiger partial charge in [0.1, 0.15) is 6.04 Å². The fourth-order valence-corrected chi connectivity index (χ4v) is 6.56. The summed E-state index contributed by atoms with van der Waals surface area (Å²) in [5.74, 6) is -0.482. The topological polar surface area (TPSA) is 86.8 Å². The van der Waals surface area contributed by atoms with E-state index in [4.69, 9.17) is 11.6 Å². The first-order valence-corrected chi connectivity index (χ1v) is 13.4. The minimum atomic E-state index is -3.68. The van der Waals surface area contributed by atoms with Gasteiger partial charge in [0.15, 0.2) is 0 Å². The number of benzene rings is 3.